The molecule has 9 heteroatoms. The number of sulfonamides is 2. The zero-order chi connectivity index (χ0) is 15.6. The minimum absolute atomic E-state index is 0.0446. The van der Waals surface area contributed by atoms with E-state index in [2.05, 4.69) is 4.72 Å². The Morgan fingerprint density at radius 1 is 1.10 bits per heavy atom. The summed E-state index contributed by atoms with van der Waals surface area (Å²) in [5.41, 5.74) is -0.645. The van der Waals surface area contributed by atoms with Crippen LogP contribution in [0.25, 0.3) is 0 Å². The van der Waals surface area contributed by atoms with E-state index in [-0.39, 0.29) is 16.3 Å². The molecule has 0 aliphatic heterocycles. The van der Waals surface area contributed by atoms with Crippen molar-refractivity contribution in [3.63, 3.8) is 0 Å². The average molecular weight is 322 g/mol. The molecule has 0 heterocycles. The first kappa shape index (κ1) is 17.1. The lowest BCUT2D eigenvalue weighted by Gasteiger charge is -2.23. The summed E-state index contributed by atoms with van der Waals surface area (Å²) >= 11 is 0. The maximum atomic E-state index is 12.0. The molecular weight excluding hydrogens is 304 g/mol. The third-order valence-corrected chi connectivity index (χ3v) is 5.05. The molecule has 0 bridgehead atoms. The Labute approximate surface area is 119 Å². The van der Waals surface area contributed by atoms with E-state index in [1.807, 2.05) is 0 Å². The fourth-order valence-electron chi connectivity index (χ4n) is 1.23. The van der Waals surface area contributed by atoms with Crippen molar-refractivity contribution >= 4 is 20.0 Å². The molecule has 1 rings (SSSR count). The maximum absolute atomic E-state index is 12.0. The van der Waals surface area contributed by atoms with Crippen LogP contribution in [0.5, 0.6) is 0 Å². The number of benzene rings is 1. The Kier molecular flexibility index (Phi) is 4.93. The van der Waals surface area contributed by atoms with Crippen LogP contribution in [-0.4, -0.2) is 36.1 Å². The molecule has 114 valence electrons. The molecule has 1 aromatic rings. The first-order valence-electron chi connectivity index (χ1n) is 5.66. The van der Waals surface area contributed by atoms with Crippen LogP contribution in [0.15, 0.2) is 34.1 Å². The second-order valence-corrected chi connectivity index (χ2v) is 8.13. The number of nitrogens with two attached hydrogens (primary N) is 1. The zero-order valence-corrected chi connectivity index (χ0v) is 13.1. The maximum Gasteiger partial charge on any atom is 0.240 e. The molecule has 7 nitrogen and oxygen atoms in total. The molecule has 0 aromatic heterocycles. The SMILES string of the molecule is COC(C)(C)CNS(=O)(=O)c1ccc(S(N)(=O)=O)cc1. The lowest BCUT2D eigenvalue weighted by atomic mass is 10.1. The quantitative estimate of drug-likeness (QED) is 0.767. The lowest BCUT2D eigenvalue weighted by Crippen LogP contribution is -2.39. The molecule has 0 amide bonds. The molecule has 1 aromatic carbocycles. The first-order valence-corrected chi connectivity index (χ1v) is 8.69. The van der Waals surface area contributed by atoms with E-state index in [1.165, 1.54) is 19.2 Å². The summed E-state index contributed by atoms with van der Waals surface area (Å²) in [6, 6.07) is 4.65. The van der Waals surface area contributed by atoms with E-state index in [4.69, 9.17) is 9.88 Å². The largest absolute Gasteiger partial charge is 0.377 e. The van der Waals surface area contributed by atoms with Crippen LogP contribution in [0.3, 0.4) is 0 Å². The third kappa shape index (κ3) is 4.53. The van der Waals surface area contributed by atoms with Crippen molar-refractivity contribution in [2.75, 3.05) is 13.7 Å². The Morgan fingerprint density at radius 3 is 1.95 bits per heavy atom. The summed E-state index contributed by atoms with van der Waals surface area (Å²) in [7, 11) is -6.09. The number of hydrogen-bond donors (Lipinski definition) is 2. The van der Waals surface area contributed by atoms with Crippen molar-refractivity contribution in [3.05, 3.63) is 24.3 Å². The lowest BCUT2D eigenvalue weighted by molar-refractivity contribution is 0.0276. The highest BCUT2D eigenvalue weighted by Gasteiger charge is 2.22. The normalized spacial score (nSPS) is 13.4. The minimum atomic E-state index is -3.84. The standard InChI is InChI=1S/C11H18N2O5S2/c1-11(2,18-3)8-13-20(16,17)10-6-4-9(5-7-10)19(12,14)15/h4-7,13H,8H2,1-3H3,(H2,12,14,15). The van der Waals surface area contributed by atoms with E-state index >= 15 is 0 Å². The summed E-state index contributed by atoms with van der Waals surface area (Å²) in [5, 5.41) is 4.94. The van der Waals surface area contributed by atoms with Gasteiger partial charge in [0.2, 0.25) is 20.0 Å². The van der Waals surface area contributed by atoms with Crippen molar-refractivity contribution in [1.29, 1.82) is 0 Å². The number of rotatable bonds is 6. The van der Waals surface area contributed by atoms with Gasteiger partial charge in [-0.05, 0) is 38.1 Å². The van der Waals surface area contributed by atoms with Crippen molar-refractivity contribution < 1.29 is 21.6 Å². The number of hydrogen-bond acceptors (Lipinski definition) is 5. The van der Waals surface area contributed by atoms with Crippen LogP contribution in [-0.2, 0) is 24.8 Å². The molecule has 0 saturated heterocycles. The molecule has 0 atom stereocenters. The average Bonchev–Trinajstić information content (AvgIpc) is 2.36. The monoisotopic (exact) mass is 322 g/mol. The molecule has 0 saturated carbocycles. The van der Waals surface area contributed by atoms with Gasteiger partial charge in [0.1, 0.15) is 0 Å². The Morgan fingerprint density at radius 2 is 1.55 bits per heavy atom. The summed E-state index contributed by atoms with van der Waals surface area (Å²) in [4.78, 5) is -0.189. The van der Waals surface area contributed by atoms with Crippen molar-refractivity contribution in [2.24, 2.45) is 5.14 Å². The Hall–Kier alpha value is -1.00. The van der Waals surface area contributed by atoms with Gasteiger partial charge in [-0.15, -0.1) is 0 Å². The van der Waals surface area contributed by atoms with Gasteiger partial charge in [-0.25, -0.2) is 26.7 Å². The van der Waals surface area contributed by atoms with Gasteiger partial charge in [0.05, 0.1) is 15.4 Å². The highest BCUT2D eigenvalue weighted by molar-refractivity contribution is 7.89. The van der Waals surface area contributed by atoms with Crippen LogP contribution in [0.4, 0.5) is 0 Å². The molecule has 0 aliphatic rings. The van der Waals surface area contributed by atoms with Crippen LogP contribution in [0.2, 0.25) is 0 Å². The topological polar surface area (TPSA) is 116 Å². The number of ether oxygens (including phenoxy) is 1. The van der Waals surface area contributed by atoms with Gasteiger partial charge in [-0.2, -0.15) is 0 Å². The van der Waals surface area contributed by atoms with Gasteiger partial charge in [0.25, 0.3) is 0 Å². The van der Waals surface area contributed by atoms with Gasteiger partial charge in [0, 0.05) is 13.7 Å². The van der Waals surface area contributed by atoms with Gasteiger partial charge in [-0.1, -0.05) is 0 Å². The summed E-state index contributed by atoms with van der Waals surface area (Å²) in [6.07, 6.45) is 0. The Bertz CT molecular complexity index is 663. The van der Waals surface area contributed by atoms with Gasteiger partial charge < -0.3 is 4.74 Å². The van der Waals surface area contributed by atoms with E-state index in [0.29, 0.717) is 0 Å². The number of methoxy groups -OCH3 is 1. The van der Waals surface area contributed by atoms with Gasteiger partial charge in [0.15, 0.2) is 0 Å². The summed E-state index contributed by atoms with van der Waals surface area (Å²) in [5.74, 6) is 0. The van der Waals surface area contributed by atoms with Crippen LogP contribution < -0.4 is 9.86 Å². The molecule has 0 aliphatic carbocycles. The van der Waals surface area contributed by atoms with Gasteiger partial charge >= 0.3 is 0 Å². The predicted molar refractivity (Wildman–Crippen MR) is 74.1 cm³/mol. The third-order valence-electron chi connectivity index (χ3n) is 2.70. The van der Waals surface area contributed by atoms with E-state index in [0.717, 1.165) is 12.1 Å². The fourth-order valence-corrected chi connectivity index (χ4v) is 2.95. The van der Waals surface area contributed by atoms with Crippen molar-refractivity contribution in [2.45, 2.75) is 29.2 Å². The molecular formula is C11H18N2O5S2. The molecule has 3 N–H and O–H groups in total. The highest BCUT2D eigenvalue weighted by atomic mass is 32.2. The summed E-state index contributed by atoms with van der Waals surface area (Å²) < 4.78 is 53.7. The smallest absolute Gasteiger partial charge is 0.240 e. The first-order chi connectivity index (χ1) is 8.98. The summed E-state index contributed by atoms with van der Waals surface area (Å²) in [6.45, 7) is 3.56. The van der Waals surface area contributed by atoms with Crippen molar-refractivity contribution in [3.8, 4) is 0 Å². The van der Waals surface area contributed by atoms with E-state index in [9.17, 15) is 16.8 Å². The molecule has 0 spiro atoms. The van der Waals surface area contributed by atoms with Crippen LogP contribution >= 0.6 is 0 Å². The van der Waals surface area contributed by atoms with E-state index < -0.39 is 25.6 Å². The predicted octanol–water partition coefficient (Wildman–Crippen LogP) is 0.0373. The zero-order valence-electron chi connectivity index (χ0n) is 11.5. The fraction of sp³-hybridized carbons (Fsp3) is 0.455. The molecule has 0 fully saturated rings. The number of primary sulfonamides is 1. The number of nitrogens with one attached hydrogen (secondary N) is 1. The highest BCUT2D eigenvalue weighted by Crippen LogP contribution is 2.14. The Balaban J connectivity index is 2.94. The van der Waals surface area contributed by atoms with E-state index in [1.54, 1.807) is 13.8 Å². The van der Waals surface area contributed by atoms with Gasteiger partial charge in [-0.3, -0.25) is 0 Å². The molecule has 0 unspecified atom stereocenters. The second-order valence-electron chi connectivity index (χ2n) is 4.80. The van der Waals surface area contributed by atoms with Crippen LogP contribution in [0.1, 0.15) is 13.8 Å². The molecule has 20 heavy (non-hydrogen) atoms. The van der Waals surface area contributed by atoms with Crippen molar-refractivity contribution in [1.82, 2.24) is 4.72 Å². The molecule has 0 radical (unpaired) electrons. The van der Waals surface area contributed by atoms with Crippen LogP contribution in [0, 0.1) is 0 Å². The minimum Gasteiger partial charge on any atom is -0.377 e. The second kappa shape index (κ2) is 5.78.